The maximum Gasteiger partial charge on any atom is 0.255 e. The van der Waals surface area contributed by atoms with Crippen LogP contribution in [0.5, 0.6) is 0 Å². The van der Waals surface area contributed by atoms with Gasteiger partial charge in [0, 0.05) is 25.7 Å². The molecule has 0 aromatic heterocycles. The Bertz CT molecular complexity index is 984. The molecule has 1 fully saturated rings. The summed E-state index contributed by atoms with van der Waals surface area (Å²) in [7, 11) is 1.67. The summed E-state index contributed by atoms with van der Waals surface area (Å²) < 4.78 is 41.2. The van der Waals surface area contributed by atoms with Crippen molar-refractivity contribution < 1.29 is 18.0 Å². The molecule has 2 aliphatic heterocycles. The first-order chi connectivity index (χ1) is 13.4. The van der Waals surface area contributed by atoms with Gasteiger partial charge in [-0.3, -0.25) is 9.80 Å². The van der Waals surface area contributed by atoms with E-state index in [-0.39, 0.29) is 28.6 Å². The van der Waals surface area contributed by atoms with E-state index in [1.807, 2.05) is 4.90 Å². The lowest BCUT2D eigenvalue weighted by Crippen LogP contribution is -2.51. The van der Waals surface area contributed by atoms with Crippen molar-refractivity contribution in [2.75, 3.05) is 26.7 Å². The standard InChI is InChI=1S/C19H16ClF3N4O/c1-25-18(13-3-2-4-15(22)17(13)23)27-8-7-26(10-16(27)24-25)19(28)12-6-5-11(21)9-14(12)20/h2-6,9,18H,7-8,10H2,1H3. The van der Waals surface area contributed by atoms with Gasteiger partial charge in [0.15, 0.2) is 11.6 Å². The fraction of sp³-hybridized carbons (Fsp3) is 0.263. The number of carbonyl (C=O) groups excluding carboxylic acids is 1. The number of carbonyl (C=O) groups is 1. The van der Waals surface area contributed by atoms with Crippen LogP contribution in [-0.2, 0) is 0 Å². The highest BCUT2D eigenvalue weighted by Gasteiger charge is 2.39. The molecule has 1 saturated heterocycles. The van der Waals surface area contributed by atoms with Crippen molar-refractivity contribution in [1.82, 2.24) is 14.8 Å². The van der Waals surface area contributed by atoms with Gasteiger partial charge in [0.2, 0.25) is 0 Å². The van der Waals surface area contributed by atoms with Crippen LogP contribution in [0.4, 0.5) is 13.2 Å². The third kappa shape index (κ3) is 3.07. The van der Waals surface area contributed by atoms with Gasteiger partial charge >= 0.3 is 0 Å². The average molecular weight is 409 g/mol. The number of halogens is 4. The van der Waals surface area contributed by atoms with E-state index in [0.717, 1.165) is 12.1 Å². The number of fused-ring (bicyclic) bond motifs is 1. The number of benzene rings is 2. The van der Waals surface area contributed by atoms with Crippen LogP contribution in [0.15, 0.2) is 41.5 Å². The Morgan fingerprint density at radius 3 is 2.71 bits per heavy atom. The zero-order valence-corrected chi connectivity index (χ0v) is 15.6. The van der Waals surface area contributed by atoms with E-state index in [2.05, 4.69) is 5.10 Å². The fourth-order valence-electron chi connectivity index (χ4n) is 3.58. The summed E-state index contributed by atoms with van der Waals surface area (Å²) in [5.74, 6) is -2.12. The van der Waals surface area contributed by atoms with Gasteiger partial charge in [0.05, 0.1) is 17.1 Å². The van der Waals surface area contributed by atoms with E-state index >= 15 is 0 Å². The Balaban J connectivity index is 1.56. The maximum absolute atomic E-state index is 14.3. The molecule has 1 atom stereocenters. The Labute approximate surface area is 164 Å². The molecule has 0 radical (unpaired) electrons. The molecule has 2 aromatic rings. The smallest absolute Gasteiger partial charge is 0.255 e. The number of hydrazone groups is 1. The molecule has 28 heavy (non-hydrogen) atoms. The largest absolute Gasteiger partial charge is 0.330 e. The molecular weight excluding hydrogens is 393 g/mol. The number of piperazine rings is 1. The second-order valence-corrected chi connectivity index (χ2v) is 7.06. The highest BCUT2D eigenvalue weighted by atomic mass is 35.5. The normalized spacial score (nSPS) is 19.0. The summed E-state index contributed by atoms with van der Waals surface area (Å²) in [6, 6.07) is 7.66. The molecular formula is C19H16ClF3N4O. The minimum absolute atomic E-state index is 0.0395. The van der Waals surface area contributed by atoms with Crippen LogP contribution >= 0.6 is 11.6 Å². The van der Waals surface area contributed by atoms with E-state index < -0.39 is 23.6 Å². The molecule has 2 aromatic carbocycles. The molecule has 0 saturated carbocycles. The third-order valence-corrected chi connectivity index (χ3v) is 5.22. The first kappa shape index (κ1) is 18.6. The number of amidine groups is 1. The highest BCUT2D eigenvalue weighted by Crippen LogP contribution is 2.34. The Kier molecular flexibility index (Phi) is 4.66. The number of hydrogen-bond acceptors (Lipinski definition) is 4. The Hall–Kier alpha value is -2.74. The number of amides is 1. The maximum atomic E-state index is 14.3. The van der Waals surface area contributed by atoms with Crippen LogP contribution in [-0.4, -0.2) is 53.2 Å². The average Bonchev–Trinajstić information content (AvgIpc) is 2.98. The molecule has 2 heterocycles. The van der Waals surface area contributed by atoms with Gasteiger partial charge in [-0.05, 0) is 24.3 Å². The van der Waals surface area contributed by atoms with Crippen molar-refractivity contribution in [3.05, 3.63) is 70.0 Å². The highest BCUT2D eigenvalue weighted by molar-refractivity contribution is 6.33. The van der Waals surface area contributed by atoms with Crippen molar-refractivity contribution in [1.29, 1.82) is 0 Å². The first-order valence-electron chi connectivity index (χ1n) is 8.62. The predicted molar refractivity (Wildman–Crippen MR) is 98.3 cm³/mol. The summed E-state index contributed by atoms with van der Waals surface area (Å²) in [4.78, 5) is 16.2. The molecule has 9 heteroatoms. The first-order valence-corrected chi connectivity index (χ1v) is 9.00. The topological polar surface area (TPSA) is 39.1 Å². The zero-order chi connectivity index (χ0) is 20.0. The minimum Gasteiger partial charge on any atom is -0.330 e. The van der Waals surface area contributed by atoms with Crippen LogP contribution < -0.4 is 0 Å². The Morgan fingerprint density at radius 1 is 1.18 bits per heavy atom. The van der Waals surface area contributed by atoms with E-state index in [1.54, 1.807) is 17.0 Å². The lowest BCUT2D eigenvalue weighted by Gasteiger charge is -2.37. The monoisotopic (exact) mass is 408 g/mol. The molecule has 0 bridgehead atoms. The van der Waals surface area contributed by atoms with Gasteiger partial charge < -0.3 is 9.80 Å². The van der Waals surface area contributed by atoms with Crippen molar-refractivity contribution in [3.63, 3.8) is 0 Å². The number of hydrogen-bond donors (Lipinski definition) is 0. The summed E-state index contributed by atoms with van der Waals surface area (Å²) in [6.07, 6.45) is -0.586. The van der Waals surface area contributed by atoms with E-state index in [9.17, 15) is 18.0 Å². The molecule has 1 amide bonds. The molecule has 4 rings (SSSR count). The molecule has 2 aliphatic rings. The zero-order valence-electron chi connectivity index (χ0n) is 14.9. The van der Waals surface area contributed by atoms with Gasteiger partial charge in [-0.15, -0.1) is 0 Å². The van der Waals surface area contributed by atoms with Gasteiger partial charge in [-0.2, -0.15) is 5.10 Å². The van der Waals surface area contributed by atoms with Crippen molar-refractivity contribution in [2.24, 2.45) is 5.10 Å². The summed E-state index contributed by atoms with van der Waals surface area (Å²) >= 11 is 6.00. The van der Waals surface area contributed by atoms with Crippen molar-refractivity contribution in [2.45, 2.75) is 6.17 Å². The second kappa shape index (κ2) is 7.01. The minimum atomic E-state index is -0.917. The van der Waals surface area contributed by atoms with Crippen LogP contribution in [0.1, 0.15) is 22.1 Å². The van der Waals surface area contributed by atoms with Gasteiger partial charge in [-0.25, -0.2) is 13.2 Å². The van der Waals surface area contributed by atoms with Gasteiger partial charge in [0.1, 0.15) is 17.8 Å². The quantitative estimate of drug-likeness (QED) is 0.764. The van der Waals surface area contributed by atoms with Gasteiger partial charge in [-0.1, -0.05) is 23.7 Å². The lowest BCUT2D eigenvalue weighted by atomic mass is 10.1. The summed E-state index contributed by atoms with van der Waals surface area (Å²) in [5.41, 5.74) is 0.388. The Morgan fingerprint density at radius 2 is 1.96 bits per heavy atom. The molecule has 0 N–H and O–H groups in total. The van der Waals surface area contributed by atoms with Crippen LogP contribution in [0.3, 0.4) is 0 Å². The van der Waals surface area contributed by atoms with E-state index in [4.69, 9.17) is 11.6 Å². The fourth-order valence-corrected chi connectivity index (χ4v) is 3.83. The molecule has 0 aliphatic carbocycles. The van der Waals surface area contributed by atoms with Crippen molar-refractivity contribution >= 4 is 23.3 Å². The third-order valence-electron chi connectivity index (χ3n) is 4.91. The molecule has 5 nitrogen and oxygen atoms in total. The second-order valence-electron chi connectivity index (χ2n) is 6.65. The lowest BCUT2D eigenvalue weighted by molar-refractivity contribution is 0.0708. The van der Waals surface area contributed by atoms with E-state index in [0.29, 0.717) is 18.9 Å². The predicted octanol–water partition coefficient (Wildman–Crippen LogP) is 3.47. The van der Waals surface area contributed by atoms with Crippen LogP contribution in [0.25, 0.3) is 0 Å². The van der Waals surface area contributed by atoms with Crippen molar-refractivity contribution in [3.8, 4) is 0 Å². The van der Waals surface area contributed by atoms with Gasteiger partial charge in [0.25, 0.3) is 5.91 Å². The molecule has 0 spiro atoms. The summed E-state index contributed by atoms with van der Waals surface area (Å²) in [5, 5.41) is 5.99. The SMILES string of the molecule is CN1N=C2CN(C(=O)c3ccc(F)cc3Cl)CCN2C1c1cccc(F)c1F. The molecule has 146 valence electrons. The number of rotatable bonds is 2. The molecule has 1 unspecified atom stereocenters. The van der Waals surface area contributed by atoms with Crippen LogP contribution in [0.2, 0.25) is 5.02 Å². The van der Waals surface area contributed by atoms with Crippen LogP contribution in [0, 0.1) is 17.5 Å². The number of nitrogens with zero attached hydrogens (tertiary/aromatic N) is 4. The van der Waals surface area contributed by atoms with E-state index in [1.165, 1.54) is 24.3 Å². The summed E-state index contributed by atoms with van der Waals surface area (Å²) in [6.45, 7) is 0.908.